The van der Waals surface area contributed by atoms with Crippen LogP contribution in [-0.2, 0) is 9.59 Å². The Morgan fingerprint density at radius 2 is 1.88 bits per heavy atom. The number of carbonyl (C=O) groups is 2. The van der Waals surface area contributed by atoms with Crippen molar-refractivity contribution in [2.24, 2.45) is 5.92 Å². The van der Waals surface area contributed by atoms with E-state index in [-0.39, 0.29) is 17.3 Å². The van der Waals surface area contributed by atoms with Gasteiger partial charge in [0, 0.05) is 13.0 Å². The van der Waals surface area contributed by atoms with Crippen LogP contribution in [0.1, 0.15) is 58.6 Å². The number of unbranched alkanes of at least 4 members (excludes halogenated alkanes) is 1. The summed E-state index contributed by atoms with van der Waals surface area (Å²) in [6.45, 7) is 8.95. The number of amides is 1. The highest BCUT2D eigenvalue weighted by atomic mass is 16.5. The highest BCUT2D eigenvalue weighted by molar-refractivity contribution is 6.09. The maximum atomic E-state index is 12.8. The second kappa shape index (κ2) is 8.88. The number of aliphatic hydroxyl groups is 1. The van der Waals surface area contributed by atoms with Gasteiger partial charge in [0.05, 0.1) is 18.2 Å². The minimum absolute atomic E-state index is 0.156. The monoisotopic (exact) mass is 359 g/mol. The van der Waals surface area contributed by atoms with Crippen molar-refractivity contribution in [3.63, 3.8) is 0 Å². The lowest BCUT2D eigenvalue weighted by Crippen LogP contribution is -2.32. The molecule has 0 bridgehead atoms. The van der Waals surface area contributed by atoms with Crippen LogP contribution in [-0.4, -0.2) is 34.8 Å². The Labute approximate surface area is 155 Å². The van der Waals surface area contributed by atoms with Crippen LogP contribution in [0.25, 0.3) is 0 Å². The number of Topliss-reactive ketones (excluding diaryl/α,β-unsaturated/α-hetero) is 1. The highest BCUT2D eigenvalue weighted by Crippen LogP contribution is 2.39. The smallest absolute Gasteiger partial charge is 0.290 e. The lowest BCUT2D eigenvalue weighted by Gasteiger charge is -2.27. The van der Waals surface area contributed by atoms with Crippen LogP contribution in [0.3, 0.4) is 0 Å². The standard InChI is InChI=1S/C21H29NO4/c1-5-7-12-22-19(15-8-10-16(11-9-15)26-6-2)18(20(24)21(22)25)17(23)13-14(3)4/h8-11,14,19,24H,5-7,12-13H2,1-4H3. The molecule has 1 amide bonds. The number of nitrogens with zero attached hydrogens (tertiary/aromatic N) is 1. The third-order valence-electron chi connectivity index (χ3n) is 4.46. The van der Waals surface area contributed by atoms with Crippen molar-refractivity contribution in [2.75, 3.05) is 13.2 Å². The zero-order valence-electron chi connectivity index (χ0n) is 16.1. The molecule has 0 aromatic heterocycles. The van der Waals surface area contributed by atoms with Gasteiger partial charge in [0.15, 0.2) is 11.5 Å². The molecule has 0 radical (unpaired) electrons. The lowest BCUT2D eigenvalue weighted by molar-refractivity contribution is -0.129. The van der Waals surface area contributed by atoms with Crippen LogP contribution in [0.4, 0.5) is 0 Å². The zero-order valence-corrected chi connectivity index (χ0v) is 16.1. The van der Waals surface area contributed by atoms with Gasteiger partial charge in [-0.05, 0) is 37.0 Å². The van der Waals surface area contributed by atoms with Crippen molar-refractivity contribution >= 4 is 11.7 Å². The molecule has 0 saturated carbocycles. The minimum atomic E-state index is -0.532. The second-order valence-corrected chi connectivity index (χ2v) is 7.04. The van der Waals surface area contributed by atoms with Gasteiger partial charge in [-0.1, -0.05) is 39.3 Å². The molecular formula is C21H29NO4. The summed E-state index contributed by atoms with van der Waals surface area (Å²) in [6.07, 6.45) is 2.05. The number of hydrogen-bond acceptors (Lipinski definition) is 4. The predicted molar refractivity (Wildman–Crippen MR) is 101 cm³/mol. The van der Waals surface area contributed by atoms with E-state index in [4.69, 9.17) is 4.74 Å². The van der Waals surface area contributed by atoms with Gasteiger partial charge in [0.1, 0.15) is 5.75 Å². The first-order valence-corrected chi connectivity index (χ1v) is 9.40. The third kappa shape index (κ3) is 4.26. The molecule has 0 saturated heterocycles. The normalized spacial score (nSPS) is 17.3. The molecule has 1 unspecified atom stereocenters. The van der Waals surface area contributed by atoms with Gasteiger partial charge in [-0.2, -0.15) is 0 Å². The second-order valence-electron chi connectivity index (χ2n) is 7.04. The summed E-state index contributed by atoms with van der Waals surface area (Å²) in [7, 11) is 0. The van der Waals surface area contributed by atoms with E-state index in [1.807, 2.05) is 52.0 Å². The molecule has 5 heteroatoms. The van der Waals surface area contributed by atoms with E-state index >= 15 is 0 Å². The van der Waals surface area contributed by atoms with Crippen molar-refractivity contribution in [1.82, 2.24) is 4.90 Å². The van der Waals surface area contributed by atoms with Gasteiger partial charge in [-0.3, -0.25) is 9.59 Å². The van der Waals surface area contributed by atoms with Crippen molar-refractivity contribution in [2.45, 2.75) is 53.0 Å². The lowest BCUT2D eigenvalue weighted by atomic mass is 9.92. The topological polar surface area (TPSA) is 66.8 Å². The van der Waals surface area contributed by atoms with E-state index in [0.29, 0.717) is 19.6 Å². The van der Waals surface area contributed by atoms with Crippen molar-refractivity contribution in [1.29, 1.82) is 0 Å². The maximum absolute atomic E-state index is 12.8. The molecule has 0 spiro atoms. The largest absolute Gasteiger partial charge is 0.503 e. The average Bonchev–Trinajstić information content (AvgIpc) is 2.85. The Morgan fingerprint density at radius 3 is 2.42 bits per heavy atom. The Morgan fingerprint density at radius 1 is 1.23 bits per heavy atom. The van der Waals surface area contributed by atoms with Crippen LogP contribution in [0, 0.1) is 5.92 Å². The van der Waals surface area contributed by atoms with Crippen LogP contribution in [0.5, 0.6) is 5.75 Å². The molecule has 1 aliphatic rings. The summed E-state index contributed by atoms with van der Waals surface area (Å²) in [5.41, 5.74) is 1.04. The predicted octanol–water partition coefficient (Wildman–Crippen LogP) is 4.20. The third-order valence-corrected chi connectivity index (χ3v) is 4.46. The first-order chi connectivity index (χ1) is 12.4. The quantitative estimate of drug-likeness (QED) is 0.718. The molecular weight excluding hydrogens is 330 g/mol. The van der Waals surface area contributed by atoms with E-state index in [9.17, 15) is 14.7 Å². The first kappa shape index (κ1) is 20.0. The van der Waals surface area contributed by atoms with Crippen LogP contribution in [0.2, 0.25) is 0 Å². The Kier molecular flexibility index (Phi) is 6.83. The molecule has 2 rings (SSSR count). The number of ether oxygens (including phenoxy) is 1. The van der Waals surface area contributed by atoms with E-state index in [2.05, 4.69) is 0 Å². The number of benzene rings is 1. The molecule has 0 fully saturated rings. The number of rotatable bonds is 9. The molecule has 1 aliphatic heterocycles. The number of aliphatic hydroxyl groups excluding tert-OH is 1. The molecule has 1 atom stereocenters. The molecule has 142 valence electrons. The average molecular weight is 359 g/mol. The van der Waals surface area contributed by atoms with E-state index in [1.54, 1.807) is 4.90 Å². The fourth-order valence-corrected chi connectivity index (χ4v) is 3.24. The summed E-state index contributed by atoms with van der Waals surface area (Å²) in [5, 5.41) is 10.4. The summed E-state index contributed by atoms with van der Waals surface area (Å²) in [4.78, 5) is 27.0. The first-order valence-electron chi connectivity index (χ1n) is 9.40. The van der Waals surface area contributed by atoms with Gasteiger partial charge < -0.3 is 14.7 Å². The van der Waals surface area contributed by atoms with Crippen LogP contribution >= 0.6 is 0 Å². The van der Waals surface area contributed by atoms with Crippen molar-refractivity contribution in [3.05, 3.63) is 41.2 Å². The van der Waals surface area contributed by atoms with Gasteiger partial charge >= 0.3 is 0 Å². The number of ketones is 1. The summed E-state index contributed by atoms with van der Waals surface area (Å²) in [6, 6.07) is 6.87. The van der Waals surface area contributed by atoms with E-state index in [1.165, 1.54) is 0 Å². The van der Waals surface area contributed by atoms with E-state index < -0.39 is 17.7 Å². The molecule has 26 heavy (non-hydrogen) atoms. The van der Waals surface area contributed by atoms with Crippen LogP contribution < -0.4 is 4.74 Å². The molecule has 1 N–H and O–H groups in total. The minimum Gasteiger partial charge on any atom is -0.503 e. The SMILES string of the molecule is CCCCN1C(=O)C(O)=C(C(=O)CC(C)C)C1c1ccc(OCC)cc1. The van der Waals surface area contributed by atoms with E-state index in [0.717, 1.165) is 24.2 Å². The fraction of sp³-hybridized carbons (Fsp3) is 0.524. The Balaban J connectivity index is 2.42. The molecule has 1 aromatic carbocycles. The Bertz CT molecular complexity index is 676. The molecule has 5 nitrogen and oxygen atoms in total. The maximum Gasteiger partial charge on any atom is 0.290 e. The fourth-order valence-electron chi connectivity index (χ4n) is 3.24. The zero-order chi connectivity index (χ0) is 19.3. The number of hydrogen-bond donors (Lipinski definition) is 1. The Hall–Kier alpha value is -2.30. The summed E-state index contributed by atoms with van der Waals surface area (Å²) in [5.74, 6) is -0.119. The van der Waals surface area contributed by atoms with Crippen molar-refractivity contribution in [3.8, 4) is 5.75 Å². The van der Waals surface area contributed by atoms with Gasteiger partial charge in [0.25, 0.3) is 5.91 Å². The molecule has 1 aromatic rings. The number of carbonyl (C=O) groups excluding carboxylic acids is 2. The van der Waals surface area contributed by atoms with Gasteiger partial charge in [-0.15, -0.1) is 0 Å². The summed E-state index contributed by atoms with van der Waals surface area (Å²) < 4.78 is 5.48. The highest BCUT2D eigenvalue weighted by Gasteiger charge is 2.42. The molecule has 1 heterocycles. The van der Waals surface area contributed by atoms with Crippen LogP contribution in [0.15, 0.2) is 35.6 Å². The van der Waals surface area contributed by atoms with Crippen molar-refractivity contribution < 1.29 is 19.4 Å². The summed E-state index contributed by atoms with van der Waals surface area (Å²) >= 11 is 0. The molecule has 0 aliphatic carbocycles. The van der Waals surface area contributed by atoms with Gasteiger partial charge in [-0.25, -0.2) is 0 Å². The van der Waals surface area contributed by atoms with Gasteiger partial charge in [0.2, 0.25) is 0 Å².